The second-order valence-corrected chi connectivity index (χ2v) is 7.12. The van der Waals surface area contributed by atoms with Crippen molar-refractivity contribution in [3.05, 3.63) is 63.1 Å². The SMILES string of the molecule is Cc1cccc(NC(=O)CSCC(=O)NCc2c(C)cc(C)[nH]c2=O)c1. The molecule has 6 nitrogen and oxygen atoms in total. The minimum absolute atomic E-state index is 0.153. The molecule has 0 saturated carbocycles. The van der Waals surface area contributed by atoms with E-state index in [0.29, 0.717) is 5.56 Å². The van der Waals surface area contributed by atoms with E-state index in [1.54, 1.807) is 0 Å². The van der Waals surface area contributed by atoms with Crippen molar-refractivity contribution < 1.29 is 9.59 Å². The molecule has 26 heavy (non-hydrogen) atoms. The van der Waals surface area contributed by atoms with Crippen LogP contribution in [0.3, 0.4) is 0 Å². The molecule has 138 valence electrons. The maximum atomic E-state index is 11.9. The highest BCUT2D eigenvalue weighted by atomic mass is 32.2. The molecule has 0 saturated heterocycles. The molecule has 3 N–H and O–H groups in total. The van der Waals surface area contributed by atoms with E-state index in [9.17, 15) is 14.4 Å². The summed E-state index contributed by atoms with van der Waals surface area (Å²) in [5.74, 6) is -0.0211. The van der Waals surface area contributed by atoms with E-state index in [1.807, 2.05) is 51.1 Å². The van der Waals surface area contributed by atoms with Crippen LogP contribution >= 0.6 is 11.8 Å². The van der Waals surface area contributed by atoms with Crippen LogP contribution in [0.2, 0.25) is 0 Å². The number of benzene rings is 1. The zero-order chi connectivity index (χ0) is 19.1. The molecule has 0 radical (unpaired) electrons. The molecule has 1 heterocycles. The maximum absolute atomic E-state index is 11.9. The number of aromatic amines is 1. The van der Waals surface area contributed by atoms with Crippen LogP contribution in [-0.2, 0) is 16.1 Å². The molecule has 0 unspecified atom stereocenters. The van der Waals surface area contributed by atoms with E-state index in [2.05, 4.69) is 15.6 Å². The van der Waals surface area contributed by atoms with Crippen molar-refractivity contribution in [2.24, 2.45) is 0 Å². The number of anilines is 1. The Morgan fingerprint density at radius 2 is 1.81 bits per heavy atom. The van der Waals surface area contributed by atoms with Gasteiger partial charge in [-0.05, 0) is 50.1 Å². The van der Waals surface area contributed by atoms with Crippen LogP contribution in [0.15, 0.2) is 35.1 Å². The third kappa shape index (κ3) is 6.07. The van der Waals surface area contributed by atoms with Gasteiger partial charge >= 0.3 is 0 Å². The third-order valence-corrected chi connectivity index (χ3v) is 4.66. The Balaban J connectivity index is 1.74. The molecule has 0 aliphatic rings. The average molecular weight is 373 g/mol. The number of amides is 2. The van der Waals surface area contributed by atoms with Crippen LogP contribution < -0.4 is 16.2 Å². The summed E-state index contributed by atoms with van der Waals surface area (Å²) in [6.07, 6.45) is 0. The number of carbonyl (C=O) groups excluding carboxylic acids is 2. The second-order valence-electron chi connectivity index (χ2n) is 6.13. The number of pyridine rings is 1. The van der Waals surface area contributed by atoms with E-state index in [0.717, 1.165) is 22.5 Å². The Labute approximate surface area is 156 Å². The third-order valence-electron chi connectivity index (χ3n) is 3.72. The molecule has 0 atom stereocenters. The zero-order valence-electron chi connectivity index (χ0n) is 15.1. The van der Waals surface area contributed by atoms with Gasteiger partial charge in [0.25, 0.3) is 5.56 Å². The molecule has 0 aliphatic carbocycles. The summed E-state index contributed by atoms with van der Waals surface area (Å²) in [4.78, 5) is 38.4. The van der Waals surface area contributed by atoms with Gasteiger partial charge in [-0.1, -0.05) is 12.1 Å². The van der Waals surface area contributed by atoms with Crippen LogP contribution in [0.5, 0.6) is 0 Å². The fraction of sp³-hybridized carbons (Fsp3) is 0.316. The predicted molar refractivity (Wildman–Crippen MR) is 106 cm³/mol. The lowest BCUT2D eigenvalue weighted by Crippen LogP contribution is -2.29. The van der Waals surface area contributed by atoms with E-state index in [1.165, 1.54) is 11.8 Å². The monoisotopic (exact) mass is 373 g/mol. The summed E-state index contributed by atoms with van der Waals surface area (Å²) < 4.78 is 0. The molecular formula is C19H23N3O3S. The van der Waals surface area contributed by atoms with Gasteiger partial charge in [-0.25, -0.2) is 0 Å². The number of H-pyrrole nitrogens is 1. The number of rotatable bonds is 7. The van der Waals surface area contributed by atoms with Gasteiger partial charge in [-0.2, -0.15) is 0 Å². The van der Waals surface area contributed by atoms with Crippen molar-refractivity contribution >= 4 is 29.3 Å². The van der Waals surface area contributed by atoms with Gasteiger partial charge < -0.3 is 15.6 Å². The summed E-state index contributed by atoms with van der Waals surface area (Å²) in [6.45, 7) is 5.79. The predicted octanol–water partition coefficient (Wildman–Crippen LogP) is 2.29. The number of carbonyl (C=O) groups is 2. The Morgan fingerprint density at radius 3 is 2.50 bits per heavy atom. The van der Waals surface area contributed by atoms with Crippen LogP contribution in [0.25, 0.3) is 0 Å². The number of aromatic nitrogens is 1. The molecule has 0 fully saturated rings. The molecule has 0 bridgehead atoms. The van der Waals surface area contributed by atoms with E-state index >= 15 is 0 Å². The molecule has 0 spiro atoms. The number of hydrogen-bond acceptors (Lipinski definition) is 4. The lowest BCUT2D eigenvalue weighted by Gasteiger charge is -2.08. The Kier molecular flexibility index (Phi) is 7.03. The fourth-order valence-electron chi connectivity index (χ4n) is 2.50. The van der Waals surface area contributed by atoms with Crippen molar-refractivity contribution in [3.63, 3.8) is 0 Å². The van der Waals surface area contributed by atoms with Crippen molar-refractivity contribution in [1.82, 2.24) is 10.3 Å². The first kappa shape index (κ1) is 19.8. The van der Waals surface area contributed by atoms with Crippen molar-refractivity contribution in [2.45, 2.75) is 27.3 Å². The maximum Gasteiger partial charge on any atom is 0.253 e. The van der Waals surface area contributed by atoms with Gasteiger partial charge in [0.05, 0.1) is 11.5 Å². The molecular weight excluding hydrogens is 350 g/mol. The lowest BCUT2D eigenvalue weighted by molar-refractivity contribution is -0.118. The van der Waals surface area contributed by atoms with Gasteiger partial charge in [0.1, 0.15) is 0 Å². The van der Waals surface area contributed by atoms with Gasteiger partial charge in [0, 0.05) is 23.5 Å². The van der Waals surface area contributed by atoms with Crippen molar-refractivity contribution in [2.75, 3.05) is 16.8 Å². The summed E-state index contributed by atoms with van der Waals surface area (Å²) >= 11 is 1.23. The van der Waals surface area contributed by atoms with Gasteiger partial charge in [-0.3, -0.25) is 14.4 Å². The molecule has 0 aliphatic heterocycles. The van der Waals surface area contributed by atoms with Crippen molar-refractivity contribution in [1.29, 1.82) is 0 Å². The summed E-state index contributed by atoms with van der Waals surface area (Å²) in [6, 6.07) is 9.41. The van der Waals surface area contributed by atoms with E-state index in [-0.39, 0.29) is 35.4 Å². The van der Waals surface area contributed by atoms with Gasteiger partial charge in [-0.15, -0.1) is 11.8 Å². The highest BCUT2D eigenvalue weighted by Gasteiger charge is 2.09. The molecule has 2 rings (SSSR count). The zero-order valence-corrected chi connectivity index (χ0v) is 16.0. The standard InChI is InChI=1S/C19H23N3O3S/c1-12-5-4-6-15(7-12)22-18(24)11-26-10-17(23)20-9-16-13(2)8-14(3)21-19(16)25/h4-8H,9-11H2,1-3H3,(H,20,23)(H,21,25)(H,22,24). The number of nitrogens with one attached hydrogen (secondary N) is 3. The van der Waals surface area contributed by atoms with Crippen LogP contribution in [0, 0.1) is 20.8 Å². The van der Waals surface area contributed by atoms with E-state index in [4.69, 9.17) is 0 Å². The summed E-state index contributed by atoms with van der Waals surface area (Å²) in [5.41, 5.74) is 3.80. The Morgan fingerprint density at radius 1 is 1.08 bits per heavy atom. The van der Waals surface area contributed by atoms with Crippen LogP contribution in [0.1, 0.15) is 22.4 Å². The average Bonchev–Trinajstić information content (AvgIpc) is 2.53. The van der Waals surface area contributed by atoms with Crippen molar-refractivity contribution in [3.8, 4) is 0 Å². The molecule has 1 aromatic heterocycles. The number of aryl methyl sites for hydroxylation is 3. The number of thioether (sulfide) groups is 1. The lowest BCUT2D eigenvalue weighted by atomic mass is 10.1. The highest BCUT2D eigenvalue weighted by Crippen LogP contribution is 2.10. The molecule has 1 aromatic carbocycles. The van der Waals surface area contributed by atoms with Crippen LogP contribution in [-0.4, -0.2) is 28.3 Å². The second kappa shape index (κ2) is 9.24. The smallest absolute Gasteiger partial charge is 0.253 e. The molecule has 2 aromatic rings. The minimum Gasteiger partial charge on any atom is -0.351 e. The van der Waals surface area contributed by atoms with Crippen LogP contribution in [0.4, 0.5) is 5.69 Å². The summed E-state index contributed by atoms with van der Waals surface area (Å²) in [5, 5.41) is 5.52. The largest absolute Gasteiger partial charge is 0.351 e. The fourth-order valence-corrected chi connectivity index (χ4v) is 3.14. The molecule has 2 amide bonds. The molecule has 7 heteroatoms. The topological polar surface area (TPSA) is 91.1 Å². The Bertz CT molecular complexity index is 861. The van der Waals surface area contributed by atoms with Gasteiger partial charge in [0.2, 0.25) is 11.8 Å². The first-order valence-electron chi connectivity index (χ1n) is 8.25. The van der Waals surface area contributed by atoms with E-state index < -0.39 is 0 Å². The first-order valence-corrected chi connectivity index (χ1v) is 9.41. The normalized spacial score (nSPS) is 10.4. The first-order chi connectivity index (χ1) is 12.3. The minimum atomic E-state index is -0.210. The van der Waals surface area contributed by atoms with Gasteiger partial charge in [0.15, 0.2) is 0 Å². The number of hydrogen-bond donors (Lipinski definition) is 3. The Hall–Kier alpha value is -2.54. The summed E-state index contributed by atoms with van der Waals surface area (Å²) in [7, 11) is 0. The highest BCUT2D eigenvalue weighted by molar-refractivity contribution is 8.00. The quantitative estimate of drug-likeness (QED) is 0.694.